The minimum Gasteiger partial charge on any atom is -0.496 e. The first kappa shape index (κ1) is 13.3. The molecule has 0 bridgehead atoms. The lowest BCUT2D eigenvalue weighted by molar-refractivity contribution is 0.0693. The Morgan fingerprint density at radius 2 is 1.76 bits per heavy atom. The van der Waals surface area contributed by atoms with Gasteiger partial charge in [0.2, 0.25) is 10.0 Å². The predicted octanol–water partition coefficient (Wildman–Crippen LogP) is 0.0494. The van der Waals surface area contributed by atoms with E-state index < -0.39 is 20.9 Å². The minimum atomic E-state index is -4.07. The molecule has 0 radical (unpaired) electrons. The SMILES string of the molecule is COc1cc(OC)c(S(N)(=O)=O)cc1C(=O)O. The lowest BCUT2D eigenvalue weighted by Crippen LogP contribution is -2.15. The van der Waals surface area contributed by atoms with Crippen molar-refractivity contribution in [1.29, 1.82) is 0 Å². The lowest BCUT2D eigenvalue weighted by Gasteiger charge is -2.11. The summed E-state index contributed by atoms with van der Waals surface area (Å²) in [5, 5.41) is 13.8. The number of methoxy groups -OCH3 is 2. The van der Waals surface area contributed by atoms with Gasteiger partial charge in [0, 0.05) is 6.07 Å². The summed E-state index contributed by atoms with van der Waals surface area (Å²) in [7, 11) is -1.57. The number of carboxylic acid groups (broad SMARTS) is 1. The van der Waals surface area contributed by atoms with E-state index in [0.29, 0.717) is 0 Å². The van der Waals surface area contributed by atoms with E-state index in [1.54, 1.807) is 0 Å². The molecule has 0 fully saturated rings. The number of aromatic carboxylic acids is 1. The molecule has 7 nitrogen and oxygen atoms in total. The Morgan fingerprint density at radius 1 is 1.24 bits per heavy atom. The molecule has 0 amide bonds. The third-order valence-electron chi connectivity index (χ3n) is 2.02. The Morgan fingerprint density at radius 3 is 2.12 bits per heavy atom. The summed E-state index contributed by atoms with van der Waals surface area (Å²) in [6.07, 6.45) is 0. The maximum absolute atomic E-state index is 11.3. The van der Waals surface area contributed by atoms with Crippen molar-refractivity contribution >= 4 is 16.0 Å². The van der Waals surface area contributed by atoms with Crippen LogP contribution in [0, 0.1) is 0 Å². The molecular weight excluding hydrogens is 250 g/mol. The lowest BCUT2D eigenvalue weighted by atomic mass is 10.2. The number of hydrogen-bond donors (Lipinski definition) is 2. The number of carbonyl (C=O) groups is 1. The maximum Gasteiger partial charge on any atom is 0.339 e. The maximum atomic E-state index is 11.3. The molecule has 0 atom stereocenters. The number of primary sulfonamides is 1. The van der Waals surface area contributed by atoms with E-state index in [1.807, 2.05) is 0 Å². The Balaban J connectivity index is 3.62. The van der Waals surface area contributed by atoms with Crippen LogP contribution in [0.5, 0.6) is 11.5 Å². The second-order valence-corrected chi connectivity index (χ2v) is 4.58. The van der Waals surface area contributed by atoms with Crippen molar-refractivity contribution in [3.05, 3.63) is 17.7 Å². The van der Waals surface area contributed by atoms with Crippen LogP contribution in [0.3, 0.4) is 0 Å². The molecule has 0 heterocycles. The second-order valence-electron chi connectivity index (χ2n) is 3.05. The van der Waals surface area contributed by atoms with Crippen LogP contribution in [0.1, 0.15) is 10.4 Å². The molecule has 0 aliphatic carbocycles. The zero-order valence-electron chi connectivity index (χ0n) is 9.13. The van der Waals surface area contributed by atoms with Crippen LogP contribution in [0.2, 0.25) is 0 Å². The largest absolute Gasteiger partial charge is 0.496 e. The fourth-order valence-electron chi connectivity index (χ4n) is 1.26. The van der Waals surface area contributed by atoms with E-state index in [9.17, 15) is 13.2 Å². The third-order valence-corrected chi connectivity index (χ3v) is 2.95. The molecule has 1 rings (SSSR count). The Bertz CT molecular complexity index is 551. The van der Waals surface area contributed by atoms with E-state index in [0.717, 1.165) is 12.1 Å². The first-order chi connectivity index (χ1) is 7.81. The Labute approximate surface area is 97.8 Å². The van der Waals surface area contributed by atoms with Gasteiger partial charge in [-0.2, -0.15) is 0 Å². The molecule has 94 valence electrons. The molecule has 8 heteroatoms. The van der Waals surface area contributed by atoms with Crippen molar-refractivity contribution < 1.29 is 27.8 Å². The molecule has 0 aromatic heterocycles. The summed E-state index contributed by atoms with van der Waals surface area (Å²) in [6.45, 7) is 0. The molecule has 1 aromatic rings. The molecule has 0 saturated heterocycles. The average molecular weight is 261 g/mol. The Hall–Kier alpha value is -1.80. The molecular formula is C9H11NO6S. The van der Waals surface area contributed by atoms with Crippen molar-refractivity contribution in [1.82, 2.24) is 0 Å². The second kappa shape index (κ2) is 4.60. The van der Waals surface area contributed by atoms with Gasteiger partial charge in [-0.3, -0.25) is 0 Å². The minimum absolute atomic E-state index is 0.0123. The topological polar surface area (TPSA) is 116 Å². The molecule has 0 aliphatic rings. The van der Waals surface area contributed by atoms with Crippen LogP contribution in [-0.2, 0) is 10.0 Å². The number of nitrogens with two attached hydrogens (primary N) is 1. The normalized spacial score (nSPS) is 11.0. The smallest absolute Gasteiger partial charge is 0.339 e. The highest BCUT2D eigenvalue weighted by molar-refractivity contribution is 7.89. The van der Waals surface area contributed by atoms with E-state index in [4.69, 9.17) is 19.7 Å². The van der Waals surface area contributed by atoms with Gasteiger partial charge in [0.15, 0.2) is 0 Å². The van der Waals surface area contributed by atoms with Gasteiger partial charge in [-0.25, -0.2) is 18.4 Å². The number of carboxylic acids is 1. The first-order valence-corrected chi connectivity index (χ1v) is 5.88. The van der Waals surface area contributed by atoms with Crippen LogP contribution in [0.15, 0.2) is 17.0 Å². The summed E-state index contributed by atoms with van der Waals surface area (Å²) in [5.74, 6) is -1.41. The van der Waals surface area contributed by atoms with Crippen LogP contribution < -0.4 is 14.6 Å². The van der Waals surface area contributed by atoms with Gasteiger partial charge in [0.25, 0.3) is 0 Å². The fraction of sp³-hybridized carbons (Fsp3) is 0.222. The van der Waals surface area contributed by atoms with Gasteiger partial charge in [-0.05, 0) is 6.07 Å². The van der Waals surface area contributed by atoms with Gasteiger partial charge >= 0.3 is 5.97 Å². The number of ether oxygens (including phenoxy) is 2. The van der Waals surface area contributed by atoms with E-state index in [1.165, 1.54) is 14.2 Å². The van der Waals surface area contributed by atoms with E-state index in [2.05, 4.69) is 0 Å². The third kappa shape index (κ3) is 2.66. The van der Waals surface area contributed by atoms with Gasteiger partial charge in [0.05, 0.1) is 14.2 Å². The zero-order chi connectivity index (χ0) is 13.2. The highest BCUT2D eigenvalue weighted by atomic mass is 32.2. The number of rotatable bonds is 4. The fourth-order valence-corrected chi connectivity index (χ4v) is 1.96. The average Bonchev–Trinajstić information content (AvgIpc) is 2.25. The van der Waals surface area contributed by atoms with Crippen molar-refractivity contribution in [3.63, 3.8) is 0 Å². The standard InChI is InChI=1S/C9H11NO6S/c1-15-6-4-7(16-2)8(17(10,13)14)3-5(6)9(11)12/h3-4H,1-2H3,(H,11,12)(H2,10,13,14). The quantitative estimate of drug-likeness (QED) is 0.791. The molecule has 0 unspecified atom stereocenters. The number of sulfonamides is 1. The monoisotopic (exact) mass is 261 g/mol. The van der Waals surface area contributed by atoms with Crippen LogP contribution in [-0.4, -0.2) is 33.7 Å². The van der Waals surface area contributed by atoms with Crippen molar-refractivity contribution in [2.24, 2.45) is 5.14 Å². The van der Waals surface area contributed by atoms with Gasteiger partial charge in [-0.1, -0.05) is 0 Å². The highest BCUT2D eigenvalue weighted by Crippen LogP contribution is 2.31. The van der Waals surface area contributed by atoms with Crippen molar-refractivity contribution in [2.75, 3.05) is 14.2 Å². The summed E-state index contributed by atoms with van der Waals surface area (Å²) in [6, 6.07) is 2.05. The molecule has 0 saturated carbocycles. The molecule has 1 aromatic carbocycles. The summed E-state index contributed by atoms with van der Waals surface area (Å²) in [5.41, 5.74) is -0.308. The zero-order valence-corrected chi connectivity index (χ0v) is 9.95. The van der Waals surface area contributed by atoms with E-state index in [-0.39, 0.29) is 17.1 Å². The van der Waals surface area contributed by atoms with E-state index >= 15 is 0 Å². The van der Waals surface area contributed by atoms with Crippen molar-refractivity contribution in [3.8, 4) is 11.5 Å². The van der Waals surface area contributed by atoms with Crippen LogP contribution in [0.4, 0.5) is 0 Å². The summed E-state index contributed by atoms with van der Waals surface area (Å²) < 4.78 is 32.1. The number of hydrogen-bond acceptors (Lipinski definition) is 5. The van der Waals surface area contributed by atoms with Crippen LogP contribution in [0.25, 0.3) is 0 Å². The molecule has 0 aliphatic heterocycles. The Kier molecular flexibility index (Phi) is 3.59. The predicted molar refractivity (Wildman–Crippen MR) is 57.9 cm³/mol. The van der Waals surface area contributed by atoms with Gasteiger partial charge < -0.3 is 14.6 Å². The van der Waals surface area contributed by atoms with Gasteiger partial charge in [-0.15, -0.1) is 0 Å². The molecule has 17 heavy (non-hydrogen) atoms. The summed E-state index contributed by atoms with van der Waals surface area (Å²) in [4.78, 5) is 10.5. The molecule has 3 N–H and O–H groups in total. The number of benzene rings is 1. The first-order valence-electron chi connectivity index (χ1n) is 4.33. The highest BCUT2D eigenvalue weighted by Gasteiger charge is 2.22. The van der Waals surface area contributed by atoms with Crippen LogP contribution >= 0.6 is 0 Å². The van der Waals surface area contributed by atoms with Gasteiger partial charge in [0.1, 0.15) is 22.0 Å². The van der Waals surface area contributed by atoms with Crippen molar-refractivity contribution in [2.45, 2.75) is 4.90 Å². The molecule has 0 spiro atoms. The summed E-state index contributed by atoms with van der Waals surface area (Å²) >= 11 is 0.